The van der Waals surface area contributed by atoms with Gasteiger partial charge in [0.25, 0.3) is 11.5 Å². The highest BCUT2D eigenvalue weighted by molar-refractivity contribution is 6.12. The Morgan fingerprint density at radius 3 is 2.59 bits per heavy atom. The summed E-state index contributed by atoms with van der Waals surface area (Å²) in [5.74, 6) is -2.09. The molecule has 4 aromatic rings. The molecule has 34 heavy (non-hydrogen) atoms. The van der Waals surface area contributed by atoms with Crippen molar-refractivity contribution < 1.29 is 22.4 Å². The lowest BCUT2D eigenvalue weighted by atomic mass is 9.94. The third kappa shape index (κ3) is 3.92. The molecule has 0 saturated carbocycles. The average Bonchev–Trinajstić information content (AvgIpc) is 3.17. The minimum atomic E-state index is -4.73. The van der Waals surface area contributed by atoms with Crippen molar-refractivity contribution >= 4 is 28.1 Å². The number of hydrogen-bond acceptors (Lipinski definition) is 4. The molecule has 2 aromatic carbocycles. The maximum atomic E-state index is 14.3. The van der Waals surface area contributed by atoms with E-state index in [1.165, 1.54) is 6.07 Å². The first-order valence-electron chi connectivity index (χ1n) is 10.7. The van der Waals surface area contributed by atoms with Crippen LogP contribution in [0.1, 0.15) is 40.4 Å². The SMILES string of the molecule is O=C(Nc1cccc2nn3c(C4CCNCC4)cc(=O)[nH]c3c12)c1ccc(C(F)(F)F)cc1F. The van der Waals surface area contributed by atoms with Crippen LogP contribution in [0.2, 0.25) is 0 Å². The Balaban J connectivity index is 1.57. The molecule has 1 amide bonds. The molecule has 1 aliphatic rings. The van der Waals surface area contributed by atoms with Crippen LogP contribution in [0.15, 0.2) is 47.3 Å². The highest BCUT2D eigenvalue weighted by atomic mass is 19.4. The van der Waals surface area contributed by atoms with Gasteiger partial charge < -0.3 is 15.6 Å². The van der Waals surface area contributed by atoms with Crippen molar-refractivity contribution in [2.45, 2.75) is 24.9 Å². The van der Waals surface area contributed by atoms with Crippen LogP contribution in [-0.2, 0) is 6.18 Å². The molecule has 11 heteroatoms. The monoisotopic (exact) mass is 473 g/mol. The van der Waals surface area contributed by atoms with E-state index < -0.39 is 29.0 Å². The van der Waals surface area contributed by atoms with E-state index in [0.29, 0.717) is 22.6 Å². The van der Waals surface area contributed by atoms with Crippen LogP contribution >= 0.6 is 0 Å². The molecule has 2 aromatic heterocycles. The minimum absolute atomic E-state index is 0.125. The summed E-state index contributed by atoms with van der Waals surface area (Å²) in [7, 11) is 0. The van der Waals surface area contributed by atoms with E-state index in [0.717, 1.165) is 37.7 Å². The first-order chi connectivity index (χ1) is 16.2. The summed E-state index contributed by atoms with van der Waals surface area (Å²) in [4.78, 5) is 28.0. The van der Waals surface area contributed by atoms with E-state index in [2.05, 4.69) is 20.7 Å². The minimum Gasteiger partial charge on any atom is -0.321 e. The molecular formula is C23H19F4N5O2. The van der Waals surface area contributed by atoms with Crippen LogP contribution in [0.4, 0.5) is 23.2 Å². The molecule has 1 fully saturated rings. The van der Waals surface area contributed by atoms with Crippen LogP contribution in [0.3, 0.4) is 0 Å². The summed E-state index contributed by atoms with van der Waals surface area (Å²) in [5.41, 5.74) is -0.183. The van der Waals surface area contributed by atoms with E-state index in [1.807, 2.05) is 0 Å². The largest absolute Gasteiger partial charge is 0.416 e. The number of carbonyl (C=O) groups excluding carboxylic acids is 1. The number of aromatic nitrogens is 3. The number of H-pyrrole nitrogens is 1. The number of halogens is 4. The van der Waals surface area contributed by atoms with Gasteiger partial charge >= 0.3 is 6.18 Å². The number of fused-ring (bicyclic) bond motifs is 3. The molecule has 1 saturated heterocycles. The second-order valence-electron chi connectivity index (χ2n) is 8.19. The molecule has 0 aliphatic carbocycles. The summed E-state index contributed by atoms with van der Waals surface area (Å²) in [6.45, 7) is 1.64. The topological polar surface area (TPSA) is 91.3 Å². The van der Waals surface area contributed by atoms with Crippen LogP contribution in [0, 0.1) is 5.82 Å². The standard InChI is InChI=1S/C23H19F4N5O2/c24-15-10-13(23(25,26)27)4-5-14(15)22(34)29-16-2-1-3-17-20(16)21-30-19(33)11-18(32(21)31-17)12-6-8-28-9-7-12/h1-5,10-12,28H,6-9H2,(H,29,34)(H,30,33). The van der Waals surface area contributed by atoms with Gasteiger partial charge in [-0.15, -0.1) is 0 Å². The Kier molecular flexibility index (Phi) is 5.35. The number of nitrogens with zero attached hydrogens (tertiary/aromatic N) is 2. The van der Waals surface area contributed by atoms with Crippen molar-refractivity contribution in [2.75, 3.05) is 18.4 Å². The zero-order valence-corrected chi connectivity index (χ0v) is 17.7. The quantitative estimate of drug-likeness (QED) is 0.392. The Labute approximate surface area is 189 Å². The van der Waals surface area contributed by atoms with E-state index in [9.17, 15) is 27.2 Å². The number of benzene rings is 2. The van der Waals surface area contributed by atoms with E-state index in [1.54, 1.807) is 22.7 Å². The third-order valence-corrected chi connectivity index (χ3v) is 6.01. The van der Waals surface area contributed by atoms with Crippen molar-refractivity contribution in [3.63, 3.8) is 0 Å². The van der Waals surface area contributed by atoms with Gasteiger partial charge in [-0.25, -0.2) is 8.91 Å². The number of carbonyl (C=O) groups is 1. The molecule has 1 aliphatic heterocycles. The molecule has 0 radical (unpaired) electrons. The van der Waals surface area contributed by atoms with E-state index in [-0.39, 0.29) is 23.2 Å². The molecule has 0 unspecified atom stereocenters. The lowest BCUT2D eigenvalue weighted by Gasteiger charge is -2.23. The Morgan fingerprint density at radius 1 is 1.12 bits per heavy atom. The number of piperidine rings is 1. The summed E-state index contributed by atoms with van der Waals surface area (Å²) in [5, 5.41) is 10.9. The van der Waals surface area contributed by atoms with Crippen molar-refractivity contribution in [1.82, 2.24) is 19.9 Å². The smallest absolute Gasteiger partial charge is 0.321 e. The second-order valence-corrected chi connectivity index (χ2v) is 8.19. The Hall–Kier alpha value is -3.73. The van der Waals surface area contributed by atoms with Gasteiger partial charge in [-0.05, 0) is 56.3 Å². The highest BCUT2D eigenvalue weighted by Crippen LogP contribution is 2.32. The van der Waals surface area contributed by atoms with Gasteiger partial charge in [-0.2, -0.15) is 18.3 Å². The number of hydrogen-bond donors (Lipinski definition) is 3. The molecule has 5 rings (SSSR count). The summed E-state index contributed by atoms with van der Waals surface area (Å²) < 4.78 is 54.4. The number of aromatic amines is 1. The first-order valence-corrected chi connectivity index (χ1v) is 10.7. The van der Waals surface area contributed by atoms with Crippen molar-refractivity contribution in [2.24, 2.45) is 0 Å². The molecular weight excluding hydrogens is 454 g/mol. The molecule has 7 nitrogen and oxygen atoms in total. The number of anilines is 1. The second kappa shape index (κ2) is 8.24. The molecule has 0 atom stereocenters. The lowest BCUT2D eigenvalue weighted by Crippen LogP contribution is -2.28. The lowest BCUT2D eigenvalue weighted by molar-refractivity contribution is -0.137. The molecule has 0 spiro atoms. The summed E-state index contributed by atoms with van der Waals surface area (Å²) in [6, 6.07) is 8.15. The fraction of sp³-hybridized carbons (Fsp3) is 0.261. The van der Waals surface area contributed by atoms with Gasteiger partial charge in [0.2, 0.25) is 0 Å². The molecule has 0 bridgehead atoms. The zero-order valence-electron chi connectivity index (χ0n) is 17.7. The first kappa shape index (κ1) is 22.1. The normalized spacial score (nSPS) is 15.2. The van der Waals surface area contributed by atoms with Gasteiger partial charge in [0.1, 0.15) is 11.5 Å². The number of nitrogens with one attached hydrogen (secondary N) is 3. The summed E-state index contributed by atoms with van der Waals surface area (Å²) in [6.07, 6.45) is -3.05. The average molecular weight is 473 g/mol. The maximum absolute atomic E-state index is 14.3. The third-order valence-electron chi connectivity index (χ3n) is 6.01. The van der Waals surface area contributed by atoms with Crippen LogP contribution in [0.5, 0.6) is 0 Å². The number of rotatable bonds is 3. The van der Waals surface area contributed by atoms with Gasteiger partial charge in [0.05, 0.1) is 33.4 Å². The predicted molar refractivity (Wildman–Crippen MR) is 118 cm³/mol. The Bertz CT molecular complexity index is 1470. The number of alkyl halides is 3. The van der Waals surface area contributed by atoms with Gasteiger partial charge in [0.15, 0.2) is 0 Å². The zero-order chi connectivity index (χ0) is 24.0. The van der Waals surface area contributed by atoms with Gasteiger partial charge in [-0.1, -0.05) is 6.07 Å². The van der Waals surface area contributed by atoms with Crippen molar-refractivity contribution in [1.29, 1.82) is 0 Å². The number of amides is 1. The van der Waals surface area contributed by atoms with Crippen molar-refractivity contribution in [3.05, 3.63) is 75.5 Å². The van der Waals surface area contributed by atoms with Crippen molar-refractivity contribution in [3.8, 4) is 0 Å². The van der Waals surface area contributed by atoms with E-state index in [4.69, 9.17) is 0 Å². The highest BCUT2D eigenvalue weighted by Gasteiger charge is 2.32. The maximum Gasteiger partial charge on any atom is 0.416 e. The molecule has 3 N–H and O–H groups in total. The van der Waals surface area contributed by atoms with Crippen LogP contribution < -0.4 is 16.2 Å². The summed E-state index contributed by atoms with van der Waals surface area (Å²) >= 11 is 0. The van der Waals surface area contributed by atoms with Crippen LogP contribution in [0.25, 0.3) is 16.6 Å². The van der Waals surface area contributed by atoms with Gasteiger partial charge in [-0.3, -0.25) is 9.59 Å². The van der Waals surface area contributed by atoms with E-state index >= 15 is 0 Å². The Morgan fingerprint density at radius 2 is 1.88 bits per heavy atom. The van der Waals surface area contributed by atoms with Gasteiger partial charge in [0, 0.05) is 12.0 Å². The fourth-order valence-electron chi connectivity index (χ4n) is 4.36. The van der Waals surface area contributed by atoms with Crippen LogP contribution in [-0.4, -0.2) is 33.6 Å². The molecule has 3 heterocycles. The fourth-order valence-corrected chi connectivity index (χ4v) is 4.36. The molecule has 176 valence electrons. The predicted octanol–water partition coefficient (Wildman–Crippen LogP) is 4.05.